The smallest absolute Gasteiger partial charge is 0.497 e. The van der Waals surface area contributed by atoms with Gasteiger partial charge in [-0.2, -0.15) is 0 Å². The lowest BCUT2D eigenvalue weighted by Crippen LogP contribution is -2.20. The zero-order valence-corrected chi connectivity index (χ0v) is 19.4. The first kappa shape index (κ1) is 25.0. The first-order valence-corrected chi connectivity index (χ1v) is 10.9. The second-order valence-electron chi connectivity index (χ2n) is 7.29. The normalized spacial score (nSPS) is 10.5. The molecule has 0 radical (unpaired) electrons. The average Bonchev–Trinajstić information content (AvgIpc) is 2.87. The molecule has 0 bridgehead atoms. The van der Waals surface area contributed by atoms with Crippen LogP contribution in [-0.4, -0.2) is 31.7 Å². The summed E-state index contributed by atoms with van der Waals surface area (Å²) in [6.07, 6.45) is 2.38. The van der Waals surface area contributed by atoms with Crippen LogP contribution in [0.15, 0.2) is 78.9 Å². The topological polar surface area (TPSA) is 103 Å². The van der Waals surface area contributed by atoms with Crippen LogP contribution < -0.4 is 20.1 Å². The van der Waals surface area contributed by atoms with Gasteiger partial charge in [0.15, 0.2) is 0 Å². The molecule has 3 aromatic carbocycles. The minimum absolute atomic E-state index is 0.211. The van der Waals surface area contributed by atoms with Crippen molar-refractivity contribution < 1.29 is 28.6 Å². The van der Waals surface area contributed by atoms with E-state index < -0.39 is 6.16 Å². The van der Waals surface area contributed by atoms with Crippen LogP contribution in [0.2, 0.25) is 0 Å². The summed E-state index contributed by atoms with van der Waals surface area (Å²) in [7, 11) is 1.60. The van der Waals surface area contributed by atoms with Gasteiger partial charge < -0.3 is 24.8 Å². The number of benzene rings is 3. The third-order valence-corrected chi connectivity index (χ3v) is 4.77. The lowest BCUT2D eigenvalue weighted by molar-refractivity contribution is -0.116. The highest BCUT2D eigenvalue weighted by molar-refractivity contribution is 6.04. The van der Waals surface area contributed by atoms with Gasteiger partial charge in [-0.15, -0.1) is 0 Å². The molecule has 0 unspecified atom stereocenters. The van der Waals surface area contributed by atoms with Crippen molar-refractivity contribution in [3.8, 4) is 11.5 Å². The number of methoxy groups -OCH3 is 1. The Morgan fingerprint density at radius 1 is 0.914 bits per heavy atom. The third kappa shape index (κ3) is 8.04. The summed E-state index contributed by atoms with van der Waals surface area (Å²) in [5, 5.41) is 5.63. The van der Waals surface area contributed by atoms with Crippen LogP contribution in [-0.2, 0) is 16.1 Å². The molecule has 0 saturated carbocycles. The van der Waals surface area contributed by atoms with Gasteiger partial charge >= 0.3 is 6.16 Å². The number of nitrogens with one attached hydrogen (secondary N) is 2. The Morgan fingerprint density at radius 2 is 1.63 bits per heavy atom. The third-order valence-electron chi connectivity index (χ3n) is 4.77. The van der Waals surface area contributed by atoms with Crippen molar-refractivity contribution >= 4 is 29.7 Å². The van der Waals surface area contributed by atoms with Gasteiger partial charge in [-0.3, -0.25) is 9.59 Å². The predicted molar refractivity (Wildman–Crippen MR) is 132 cm³/mol. The molecule has 0 aromatic heterocycles. The van der Waals surface area contributed by atoms with E-state index in [1.165, 1.54) is 18.2 Å². The summed E-state index contributed by atoms with van der Waals surface area (Å²) in [6, 6.07) is 20.7. The van der Waals surface area contributed by atoms with Crippen LogP contribution in [0.4, 0.5) is 10.5 Å². The molecule has 0 aliphatic carbocycles. The molecule has 35 heavy (non-hydrogen) atoms. The lowest BCUT2D eigenvalue weighted by Gasteiger charge is -2.09. The number of hydrogen-bond acceptors (Lipinski definition) is 6. The zero-order valence-electron chi connectivity index (χ0n) is 19.4. The Kier molecular flexibility index (Phi) is 9.01. The zero-order chi connectivity index (χ0) is 25.0. The van der Waals surface area contributed by atoms with E-state index in [4.69, 9.17) is 14.2 Å². The quantitative estimate of drug-likeness (QED) is 0.262. The molecule has 0 aliphatic rings. The van der Waals surface area contributed by atoms with E-state index in [0.29, 0.717) is 17.8 Å². The van der Waals surface area contributed by atoms with Gasteiger partial charge in [-0.25, -0.2) is 4.79 Å². The fraction of sp³-hybridized carbons (Fsp3) is 0.148. The monoisotopic (exact) mass is 474 g/mol. The van der Waals surface area contributed by atoms with E-state index >= 15 is 0 Å². The van der Waals surface area contributed by atoms with Crippen molar-refractivity contribution in [2.75, 3.05) is 19.0 Å². The molecule has 0 fully saturated rings. The molecule has 0 saturated heterocycles. The second-order valence-corrected chi connectivity index (χ2v) is 7.29. The van der Waals surface area contributed by atoms with E-state index in [0.717, 1.165) is 16.9 Å². The number of amides is 2. The molecule has 3 rings (SSSR count). The van der Waals surface area contributed by atoms with Crippen molar-refractivity contribution in [1.29, 1.82) is 0 Å². The van der Waals surface area contributed by atoms with E-state index in [9.17, 15) is 14.4 Å². The number of carbonyl (C=O) groups is 3. The maximum atomic E-state index is 12.6. The lowest BCUT2D eigenvalue weighted by atomic mass is 10.1. The second kappa shape index (κ2) is 12.6. The van der Waals surface area contributed by atoms with E-state index in [1.54, 1.807) is 50.4 Å². The van der Waals surface area contributed by atoms with Gasteiger partial charge in [0, 0.05) is 23.9 Å². The average molecular weight is 475 g/mol. The molecule has 0 atom stereocenters. The van der Waals surface area contributed by atoms with Crippen LogP contribution in [0.1, 0.15) is 28.4 Å². The van der Waals surface area contributed by atoms with Gasteiger partial charge in [-0.1, -0.05) is 24.3 Å². The minimum atomic E-state index is -0.801. The summed E-state index contributed by atoms with van der Waals surface area (Å²) in [4.78, 5) is 36.1. The number of hydrogen-bond donors (Lipinski definition) is 2. The van der Waals surface area contributed by atoms with Gasteiger partial charge in [-0.05, 0) is 72.7 Å². The predicted octanol–water partition coefficient (Wildman–Crippen LogP) is 4.81. The number of carbonyl (C=O) groups excluding carboxylic acids is 3. The molecular formula is C27H26N2O6. The fourth-order valence-electron chi connectivity index (χ4n) is 3.02. The number of anilines is 1. The summed E-state index contributed by atoms with van der Waals surface area (Å²) < 4.78 is 14.8. The maximum absolute atomic E-state index is 12.6. The standard InChI is InChI=1S/C27H26N2O6/c1-3-34-27(32)35-24-14-10-21(11-15-24)26(31)29-22-6-4-5-20(17-22)18-28-25(30)16-9-19-7-12-23(33-2)13-8-19/h4-17H,3,18H2,1-2H3,(H,28,30)(H,29,31)/b16-9+. The molecule has 3 aromatic rings. The Bertz CT molecular complexity index is 1190. The van der Waals surface area contributed by atoms with Crippen molar-refractivity contribution in [3.63, 3.8) is 0 Å². The maximum Gasteiger partial charge on any atom is 0.513 e. The summed E-state index contributed by atoms with van der Waals surface area (Å²) in [5.41, 5.74) is 2.68. The van der Waals surface area contributed by atoms with Crippen molar-refractivity contribution in [3.05, 3.63) is 95.6 Å². The summed E-state index contributed by atoms with van der Waals surface area (Å²) in [6.45, 7) is 2.19. The molecule has 8 nitrogen and oxygen atoms in total. The highest BCUT2D eigenvalue weighted by Crippen LogP contribution is 2.16. The Morgan fingerprint density at radius 3 is 2.31 bits per heavy atom. The fourth-order valence-corrected chi connectivity index (χ4v) is 3.02. The van der Waals surface area contributed by atoms with Crippen LogP contribution in [0, 0.1) is 0 Å². The van der Waals surface area contributed by atoms with Crippen LogP contribution in [0.5, 0.6) is 11.5 Å². The SMILES string of the molecule is CCOC(=O)Oc1ccc(C(=O)Nc2cccc(CNC(=O)/C=C/c3ccc(OC)cc3)c2)cc1. The van der Waals surface area contributed by atoms with E-state index in [-0.39, 0.29) is 24.2 Å². The van der Waals surface area contributed by atoms with Gasteiger partial charge in [0.1, 0.15) is 11.5 Å². The van der Waals surface area contributed by atoms with Gasteiger partial charge in [0.05, 0.1) is 13.7 Å². The minimum Gasteiger partial charge on any atom is -0.497 e. The van der Waals surface area contributed by atoms with E-state index in [1.807, 2.05) is 30.3 Å². The molecule has 0 heterocycles. The molecule has 0 spiro atoms. The number of rotatable bonds is 9. The molecule has 2 N–H and O–H groups in total. The summed E-state index contributed by atoms with van der Waals surface area (Å²) >= 11 is 0. The Labute approximate surface area is 203 Å². The summed E-state index contributed by atoms with van der Waals surface area (Å²) in [5.74, 6) is 0.467. The first-order valence-electron chi connectivity index (χ1n) is 10.9. The van der Waals surface area contributed by atoms with Crippen LogP contribution >= 0.6 is 0 Å². The first-order chi connectivity index (χ1) is 17.0. The highest BCUT2D eigenvalue weighted by Gasteiger charge is 2.09. The van der Waals surface area contributed by atoms with Crippen molar-refractivity contribution in [2.45, 2.75) is 13.5 Å². The van der Waals surface area contributed by atoms with Crippen molar-refractivity contribution in [2.24, 2.45) is 0 Å². The van der Waals surface area contributed by atoms with Crippen LogP contribution in [0.3, 0.4) is 0 Å². The Hall–Kier alpha value is -4.59. The van der Waals surface area contributed by atoms with Crippen LogP contribution in [0.25, 0.3) is 6.08 Å². The van der Waals surface area contributed by atoms with Gasteiger partial charge in [0.25, 0.3) is 5.91 Å². The largest absolute Gasteiger partial charge is 0.513 e. The molecule has 2 amide bonds. The van der Waals surface area contributed by atoms with Crippen molar-refractivity contribution in [1.82, 2.24) is 5.32 Å². The molecule has 180 valence electrons. The number of ether oxygens (including phenoxy) is 3. The molecule has 8 heteroatoms. The Balaban J connectivity index is 1.51. The van der Waals surface area contributed by atoms with Gasteiger partial charge in [0.2, 0.25) is 5.91 Å². The molecular weight excluding hydrogens is 448 g/mol. The molecule has 0 aliphatic heterocycles. The van der Waals surface area contributed by atoms with E-state index in [2.05, 4.69) is 10.6 Å². The highest BCUT2D eigenvalue weighted by atomic mass is 16.7.